The van der Waals surface area contributed by atoms with Crippen LogP contribution in [0.4, 0.5) is 0 Å². The minimum atomic E-state index is 0.374. The summed E-state index contributed by atoms with van der Waals surface area (Å²) in [5.74, 6) is 6.69. The molecule has 0 aromatic heterocycles. The monoisotopic (exact) mass is 228 g/mol. The number of hydrogen-bond donors (Lipinski definition) is 1. The average molecular weight is 228 g/mol. The van der Waals surface area contributed by atoms with E-state index in [4.69, 9.17) is 10.6 Å². The van der Waals surface area contributed by atoms with E-state index in [-0.39, 0.29) is 0 Å². The van der Waals surface area contributed by atoms with Gasteiger partial charge in [0.2, 0.25) is 0 Å². The van der Waals surface area contributed by atoms with E-state index in [0.717, 1.165) is 5.75 Å². The second kappa shape index (κ2) is 6.03. The van der Waals surface area contributed by atoms with Gasteiger partial charge in [-0.1, -0.05) is 48.5 Å². The highest BCUT2D eigenvalue weighted by molar-refractivity contribution is 5.20. The van der Waals surface area contributed by atoms with Crippen LogP contribution >= 0.6 is 0 Å². The highest BCUT2D eigenvalue weighted by atomic mass is 16.5. The summed E-state index contributed by atoms with van der Waals surface area (Å²) < 4.78 is 5.54. The third-order valence-electron chi connectivity index (χ3n) is 2.37. The van der Waals surface area contributed by atoms with Gasteiger partial charge in [0.1, 0.15) is 5.75 Å². The Bertz CT molecular complexity index is 430. The van der Waals surface area contributed by atoms with Crippen molar-refractivity contribution in [2.24, 2.45) is 5.84 Å². The van der Waals surface area contributed by atoms with Crippen LogP contribution in [0.2, 0.25) is 0 Å². The highest BCUT2D eigenvalue weighted by Gasteiger charge is 2.00. The molecular weight excluding hydrogens is 212 g/mol. The molecule has 0 aliphatic rings. The van der Waals surface area contributed by atoms with E-state index in [0.29, 0.717) is 13.3 Å². The second-order valence-electron chi connectivity index (χ2n) is 3.82. The van der Waals surface area contributed by atoms with E-state index in [1.54, 1.807) is 5.01 Å². The first kappa shape index (κ1) is 11.6. The molecule has 0 radical (unpaired) electrons. The van der Waals surface area contributed by atoms with E-state index >= 15 is 0 Å². The third-order valence-corrected chi connectivity index (χ3v) is 2.37. The lowest BCUT2D eigenvalue weighted by Gasteiger charge is -2.16. The molecule has 3 heteroatoms. The Balaban J connectivity index is 1.80. The van der Waals surface area contributed by atoms with Crippen LogP contribution in [0, 0.1) is 0 Å². The topological polar surface area (TPSA) is 38.5 Å². The van der Waals surface area contributed by atoms with Crippen LogP contribution < -0.4 is 10.6 Å². The molecule has 17 heavy (non-hydrogen) atoms. The van der Waals surface area contributed by atoms with Crippen LogP contribution in [-0.4, -0.2) is 11.7 Å². The van der Waals surface area contributed by atoms with Crippen molar-refractivity contribution in [3.05, 3.63) is 66.2 Å². The largest absolute Gasteiger partial charge is 0.477 e. The summed E-state index contributed by atoms with van der Waals surface area (Å²) >= 11 is 0. The van der Waals surface area contributed by atoms with E-state index in [9.17, 15) is 0 Å². The van der Waals surface area contributed by atoms with Gasteiger partial charge in [0.25, 0.3) is 0 Å². The fourth-order valence-corrected chi connectivity index (χ4v) is 1.54. The Labute approximate surface area is 101 Å². The van der Waals surface area contributed by atoms with Gasteiger partial charge in [0.15, 0.2) is 6.73 Å². The molecule has 0 unspecified atom stereocenters. The van der Waals surface area contributed by atoms with Crippen molar-refractivity contribution in [3.8, 4) is 5.75 Å². The molecule has 0 amide bonds. The molecule has 0 saturated heterocycles. The summed E-state index contributed by atoms with van der Waals surface area (Å²) in [6.07, 6.45) is 0. The average Bonchev–Trinajstić information content (AvgIpc) is 2.39. The van der Waals surface area contributed by atoms with Crippen molar-refractivity contribution in [3.63, 3.8) is 0 Å². The van der Waals surface area contributed by atoms with Crippen molar-refractivity contribution in [2.75, 3.05) is 6.73 Å². The van der Waals surface area contributed by atoms with Crippen LogP contribution in [0.25, 0.3) is 0 Å². The minimum absolute atomic E-state index is 0.374. The fraction of sp³-hybridized carbons (Fsp3) is 0.143. The lowest BCUT2D eigenvalue weighted by Crippen LogP contribution is -2.34. The predicted octanol–water partition coefficient (Wildman–Crippen LogP) is 2.40. The molecule has 0 spiro atoms. The number of hydrazine groups is 1. The molecule has 2 aromatic carbocycles. The molecule has 0 aliphatic heterocycles. The number of ether oxygens (including phenoxy) is 1. The first-order chi connectivity index (χ1) is 8.34. The molecule has 88 valence electrons. The quantitative estimate of drug-likeness (QED) is 0.485. The van der Waals surface area contributed by atoms with Crippen LogP contribution in [0.3, 0.4) is 0 Å². The number of nitrogens with zero attached hydrogens (tertiary/aromatic N) is 1. The zero-order valence-electron chi connectivity index (χ0n) is 9.62. The summed E-state index contributed by atoms with van der Waals surface area (Å²) in [4.78, 5) is 0. The lowest BCUT2D eigenvalue weighted by atomic mass is 10.2. The Hall–Kier alpha value is -1.84. The van der Waals surface area contributed by atoms with Crippen LogP contribution in [0.5, 0.6) is 5.75 Å². The molecule has 2 N–H and O–H groups in total. The van der Waals surface area contributed by atoms with E-state index in [1.807, 2.05) is 60.7 Å². The highest BCUT2D eigenvalue weighted by Crippen LogP contribution is 2.08. The summed E-state index contributed by atoms with van der Waals surface area (Å²) in [6, 6.07) is 19.7. The maximum absolute atomic E-state index is 5.86. The molecule has 2 aromatic rings. The van der Waals surface area contributed by atoms with Crippen LogP contribution in [0.15, 0.2) is 60.7 Å². The summed E-state index contributed by atoms with van der Waals surface area (Å²) in [6.45, 7) is 1.05. The van der Waals surface area contributed by atoms with Crippen molar-refractivity contribution in [1.82, 2.24) is 5.01 Å². The second-order valence-corrected chi connectivity index (χ2v) is 3.82. The smallest absolute Gasteiger partial charge is 0.154 e. The van der Waals surface area contributed by atoms with Gasteiger partial charge < -0.3 is 4.74 Å². The number of rotatable bonds is 5. The fourth-order valence-electron chi connectivity index (χ4n) is 1.54. The molecule has 3 nitrogen and oxygen atoms in total. The predicted molar refractivity (Wildman–Crippen MR) is 68.1 cm³/mol. The number of para-hydroxylation sites is 1. The molecule has 0 bridgehead atoms. The van der Waals surface area contributed by atoms with Crippen molar-refractivity contribution >= 4 is 0 Å². The van der Waals surface area contributed by atoms with Crippen molar-refractivity contribution < 1.29 is 4.74 Å². The maximum atomic E-state index is 5.86. The Kier molecular flexibility index (Phi) is 4.13. The number of hydrogen-bond acceptors (Lipinski definition) is 3. The summed E-state index contributed by atoms with van der Waals surface area (Å²) in [5.41, 5.74) is 1.17. The summed E-state index contributed by atoms with van der Waals surface area (Å²) in [7, 11) is 0. The van der Waals surface area contributed by atoms with Gasteiger partial charge in [-0.25, -0.2) is 5.01 Å². The number of nitrogens with two attached hydrogens (primary N) is 1. The SMILES string of the molecule is NN(COc1ccccc1)Cc1ccccc1. The zero-order chi connectivity index (χ0) is 11.9. The van der Waals surface area contributed by atoms with Gasteiger partial charge in [0.05, 0.1) is 0 Å². The van der Waals surface area contributed by atoms with E-state index in [2.05, 4.69) is 0 Å². The van der Waals surface area contributed by atoms with Gasteiger partial charge in [-0.15, -0.1) is 0 Å². The normalized spacial score (nSPS) is 10.5. The van der Waals surface area contributed by atoms with Crippen LogP contribution in [0.1, 0.15) is 5.56 Å². The first-order valence-electron chi connectivity index (χ1n) is 5.56. The minimum Gasteiger partial charge on any atom is -0.477 e. The van der Waals surface area contributed by atoms with Gasteiger partial charge in [-0.2, -0.15) is 0 Å². The van der Waals surface area contributed by atoms with Crippen LogP contribution in [-0.2, 0) is 6.54 Å². The van der Waals surface area contributed by atoms with E-state index in [1.165, 1.54) is 5.56 Å². The van der Waals surface area contributed by atoms with Gasteiger partial charge in [-0.05, 0) is 17.7 Å². The third kappa shape index (κ3) is 3.90. The Morgan fingerprint density at radius 2 is 1.47 bits per heavy atom. The molecular formula is C14H16N2O. The molecule has 0 aliphatic carbocycles. The van der Waals surface area contributed by atoms with Gasteiger partial charge >= 0.3 is 0 Å². The zero-order valence-corrected chi connectivity index (χ0v) is 9.62. The van der Waals surface area contributed by atoms with Gasteiger partial charge in [-0.3, -0.25) is 5.84 Å². The summed E-state index contributed by atoms with van der Waals surface area (Å²) in [5, 5.41) is 1.64. The maximum Gasteiger partial charge on any atom is 0.154 e. The Morgan fingerprint density at radius 3 is 2.12 bits per heavy atom. The molecule has 0 fully saturated rings. The van der Waals surface area contributed by atoms with Crippen molar-refractivity contribution in [1.29, 1.82) is 0 Å². The van der Waals surface area contributed by atoms with E-state index < -0.39 is 0 Å². The van der Waals surface area contributed by atoms with Crippen molar-refractivity contribution in [2.45, 2.75) is 6.54 Å². The lowest BCUT2D eigenvalue weighted by molar-refractivity contribution is 0.120. The Morgan fingerprint density at radius 1 is 0.882 bits per heavy atom. The molecule has 0 saturated carbocycles. The number of benzene rings is 2. The molecule has 0 atom stereocenters. The first-order valence-corrected chi connectivity index (χ1v) is 5.56. The molecule has 0 heterocycles. The molecule has 2 rings (SSSR count). The standard InChI is InChI=1S/C14H16N2O/c15-16(11-13-7-3-1-4-8-13)12-17-14-9-5-2-6-10-14/h1-10H,11-12,15H2. The van der Waals surface area contributed by atoms with Gasteiger partial charge in [0, 0.05) is 6.54 Å².